The van der Waals surface area contributed by atoms with Crippen molar-refractivity contribution in [3.05, 3.63) is 70.5 Å². The lowest BCUT2D eigenvalue weighted by Crippen LogP contribution is -2.54. The average molecular weight is 455 g/mol. The van der Waals surface area contributed by atoms with Crippen LogP contribution < -0.4 is 5.69 Å². The van der Waals surface area contributed by atoms with Crippen molar-refractivity contribution < 1.29 is 13.9 Å². The van der Waals surface area contributed by atoms with Crippen LogP contribution in [-0.4, -0.2) is 57.0 Å². The third-order valence-electron chi connectivity index (χ3n) is 7.16. The molecule has 2 unspecified atom stereocenters. The number of benzene rings is 1. The minimum atomic E-state index is -0.391. The van der Waals surface area contributed by atoms with Crippen molar-refractivity contribution in [2.75, 3.05) is 20.3 Å². The van der Waals surface area contributed by atoms with E-state index < -0.39 is 5.60 Å². The molecule has 2 aliphatic rings. The zero-order valence-electron chi connectivity index (χ0n) is 19.0. The van der Waals surface area contributed by atoms with Gasteiger partial charge in [0.25, 0.3) is 0 Å². The van der Waals surface area contributed by atoms with Gasteiger partial charge in [-0.25, -0.2) is 13.9 Å². The summed E-state index contributed by atoms with van der Waals surface area (Å²) >= 11 is 0. The summed E-state index contributed by atoms with van der Waals surface area (Å²) in [6.07, 6.45) is 6.63. The molecule has 2 atom stereocenters. The number of halogens is 1. The first-order valence-corrected chi connectivity index (χ1v) is 11.7. The highest BCUT2D eigenvalue weighted by molar-refractivity contribution is 5.35. The zero-order valence-corrected chi connectivity index (χ0v) is 19.0. The highest BCUT2D eigenvalue weighted by Crippen LogP contribution is 2.43. The molecule has 0 N–H and O–H groups in total. The summed E-state index contributed by atoms with van der Waals surface area (Å²) in [6, 6.07) is 13.2. The molecule has 2 fully saturated rings. The minimum Gasteiger partial charge on any atom is -0.382 e. The lowest BCUT2D eigenvalue weighted by Gasteiger charge is -2.46. The van der Waals surface area contributed by atoms with E-state index in [1.54, 1.807) is 34.5 Å². The van der Waals surface area contributed by atoms with E-state index in [1.807, 2.05) is 24.3 Å². The Hall–Kier alpha value is -2.55. The molecular weight excluding hydrogens is 423 g/mol. The molecule has 8 heteroatoms. The summed E-state index contributed by atoms with van der Waals surface area (Å²) in [5, 5.41) is 4.44. The first-order chi connectivity index (χ1) is 16.1. The van der Waals surface area contributed by atoms with Gasteiger partial charge in [0, 0.05) is 44.0 Å². The third kappa shape index (κ3) is 4.47. The van der Waals surface area contributed by atoms with Gasteiger partial charge in [-0.2, -0.15) is 0 Å². The number of hydrogen-bond donors (Lipinski definition) is 0. The van der Waals surface area contributed by atoms with Crippen molar-refractivity contribution in [1.29, 1.82) is 0 Å². The van der Waals surface area contributed by atoms with Crippen LogP contribution >= 0.6 is 0 Å². The monoisotopic (exact) mass is 454 g/mol. The molecule has 5 rings (SSSR count). The fourth-order valence-corrected chi connectivity index (χ4v) is 5.66. The first-order valence-electron chi connectivity index (χ1n) is 11.7. The molecule has 2 aromatic heterocycles. The number of piperidine rings is 1. The van der Waals surface area contributed by atoms with Gasteiger partial charge in [-0.1, -0.05) is 24.3 Å². The van der Waals surface area contributed by atoms with E-state index in [1.165, 1.54) is 6.07 Å². The Kier molecular flexibility index (Phi) is 6.32. The summed E-state index contributed by atoms with van der Waals surface area (Å²) in [4.78, 5) is 15.1. The molecule has 1 aromatic carbocycles. The van der Waals surface area contributed by atoms with E-state index in [0.717, 1.165) is 38.6 Å². The number of hydrogen-bond acceptors (Lipinski definition) is 5. The summed E-state index contributed by atoms with van der Waals surface area (Å²) in [5.41, 5.74) is 0.781. The highest BCUT2D eigenvalue weighted by Gasteiger charge is 2.48. The van der Waals surface area contributed by atoms with E-state index in [0.29, 0.717) is 36.4 Å². The van der Waals surface area contributed by atoms with Crippen LogP contribution in [0.25, 0.3) is 5.65 Å². The van der Waals surface area contributed by atoms with Crippen LogP contribution in [0.5, 0.6) is 0 Å². The van der Waals surface area contributed by atoms with E-state index in [4.69, 9.17) is 9.47 Å². The second-order valence-electron chi connectivity index (χ2n) is 9.32. The topological polar surface area (TPSA) is 61.0 Å². The van der Waals surface area contributed by atoms with E-state index in [9.17, 15) is 9.18 Å². The number of rotatable bonds is 9. The van der Waals surface area contributed by atoms with Gasteiger partial charge < -0.3 is 9.47 Å². The molecule has 0 amide bonds. The molecule has 0 saturated carbocycles. The van der Waals surface area contributed by atoms with Gasteiger partial charge in [-0.05, 0) is 50.3 Å². The number of aromatic nitrogens is 3. The minimum absolute atomic E-state index is 0.0899. The predicted molar refractivity (Wildman–Crippen MR) is 123 cm³/mol. The smallest absolute Gasteiger partial charge is 0.350 e. The molecule has 0 spiro atoms. The standard InChI is InChI=1S/C25H31FN4O3/c1-32-18-25(33-17-19-7-2-3-8-22(19)26)15-20-10-11-21(16-25)28(20)13-6-14-30-24(31)29-12-5-4-9-23(29)27-30/h2-5,7-9,12,20-21H,6,10-11,13-18H2,1H3. The Bertz CT molecular complexity index is 1150. The fourth-order valence-electron chi connectivity index (χ4n) is 5.66. The normalized spacial score (nSPS) is 25.2. The maximum Gasteiger partial charge on any atom is 0.350 e. The van der Waals surface area contributed by atoms with Crippen molar-refractivity contribution >= 4 is 5.65 Å². The molecular formula is C25H31FN4O3. The fraction of sp³-hybridized carbons (Fsp3) is 0.520. The summed E-state index contributed by atoms with van der Waals surface area (Å²) in [6.45, 7) is 2.29. The van der Waals surface area contributed by atoms with E-state index in [-0.39, 0.29) is 18.1 Å². The van der Waals surface area contributed by atoms with Crippen LogP contribution in [0.2, 0.25) is 0 Å². The number of pyridine rings is 1. The van der Waals surface area contributed by atoms with Gasteiger partial charge in [0.15, 0.2) is 5.65 Å². The maximum absolute atomic E-state index is 14.1. The molecule has 2 aliphatic heterocycles. The second-order valence-corrected chi connectivity index (χ2v) is 9.32. The molecule has 0 radical (unpaired) electrons. The van der Waals surface area contributed by atoms with Gasteiger partial charge >= 0.3 is 5.69 Å². The van der Waals surface area contributed by atoms with Crippen LogP contribution in [-0.2, 0) is 22.6 Å². The summed E-state index contributed by atoms with van der Waals surface area (Å²) in [7, 11) is 1.70. The molecule has 2 bridgehead atoms. The van der Waals surface area contributed by atoms with Gasteiger partial charge in [-0.15, -0.1) is 5.10 Å². The van der Waals surface area contributed by atoms with E-state index >= 15 is 0 Å². The Morgan fingerprint density at radius 2 is 1.85 bits per heavy atom. The number of methoxy groups -OCH3 is 1. The lowest BCUT2D eigenvalue weighted by molar-refractivity contribution is -0.143. The van der Waals surface area contributed by atoms with Crippen molar-refractivity contribution in [2.45, 2.75) is 62.9 Å². The van der Waals surface area contributed by atoms with Crippen molar-refractivity contribution in [2.24, 2.45) is 0 Å². The summed E-state index contributed by atoms with van der Waals surface area (Å²) < 4.78 is 29.2. The molecule has 2 saturated heterocycles. The van der Waals surface area contributed by atoms with Crippen LogP contribution in [0, 0.1) is 5.82 Å². The number of aryl methyl sites for hydroxylation is 1. The SMILES string of the molecule is COCC1(OCc2ccccc2F)CC2CCC(C1)N2CCCn1nc2ccccn2c1=O. The van der Waals surface area contributed by atoms with Crippen LogP contribution in [0.4, 0.5) is 4.39 Å². The predicted octanol–water partition coefficient (Wildman–Crippen LogP) is 3.25. The highest BCUT2D eigenvalue weighted by atomic mass is 19.1. The van der Waals surface area contributed by atoms with Crippen molar-refractivity contribution in [3.63, 3.8) is 0 Å². The molecule has 3 aromatic rings. The van der Waals surface area contributed by atoms with Gasteiger partial charge in [-0.3, -0.25) is 9.30 Å². The van der Waals surface area contributed by atoms with Crippen LogP contribution in [0.1, 0.15) is 37.7 Å². The van der Waals surface area contributed by atoms with Crippen molar-refractivity contribution in [3.8, 4) is 0 Å². The third-order valence-corrected chi connectivity index (χ3v) is 7.16. The Balaban J connectivity index is 1.21. The molecule has 4 heterocycles. The molecule has 0 aliphatic carbocycles. The summed E-state index contributed by atoms with van der Waals surface area (Å²) in [5.74, 6) is -0.229. The van der Waals surface area contributed by atoms with Crippen LogP contribution in [0.3, 0.4) is 0 Å². The van der Waals surface area contributed by atoms with Gasteiger partial charge in [0.05, 0.1) is 18.8 Å². The largest absolute Gasteiger partial charge is 0.382 e. The molecule has 33 heavy (non-hydrogen) atoms. The zero-order chi connectivity index (χ0) is 22.8. The second kappa shape index (κ2) is 9.37. The maximum atomic E-state index is 14.1. The van der Waals surface area contributed by atoms with Crippen LogP contribution in [0.15, 0.2) is 53.5 Å². The quantitative estimate of drug-likeness (QED) is 0.497. The van der Waals surface area contributed by atoms with Crippen molar-refractivity contribution in [1.82, 2.24) is 19.1 Å². The average Bonchev–Trinajstić information content (AvgIpc) is 3.26. The lowest BCUT2D eigenvalue weighted by atomic mass is 9.86. The Morgan fingerprint density at radius 1 is 1.09 bits per heavy atom. The Labute approximate surface area is 192 Å². The first kappa shape index (κ1) is 22.3. The van der Waals surface area contributed by atoms with Gasteiger partial charge in [0.2, 0.25) is 0 Å². The van der Waals surface area contributed by atoms with Gasteiger partial charge in [0.1, 0.15) is 5.82 Å². The molecule has 176 valence electrons. The number of fused-ring (bicyclic) bond motifs is 3. The number of ether oxygens (including phenoxy) is 2. The molecule has 7 nitrogen and oxygen atoms in total. The number of nitrogens with zero attached hydrogens (tertiary/aromatic N) is 4. The Morgan fingerprint density at radius 3 is 2.58 bits per heavy atom. The van der Waals surface area contributed by atoms with E-state index in [2.05, 4.69) is 10.00 Å².